The van der Waals surface area contributed by atoms with Crippen LogP contribution in [0.5, 0.6) is 0 Å². The molecule has 0 saturated heterocycles. The molecule has 0 spiro atoms. The van der Waals surface area contributed by atoms with Gasteiger partial charge >= 0.3 is 0 Å². The summed E-state index contributed by atoms with van der Waals surface area (Å²) < 4.78 is 26.2. The maximum Gasteiger partial charge on any atom is 0.254 e. The van der Waals surface area contributed by atoms with Gasteiger partial charge in [0, 0.05) is 24.7 Å². The smallest absolute Gasteiger partial charge is 0.254 e. The van der Waals surface area contributed by atoms with Crippen LogP contribution in [-0.4, -0.2) is 18.4 Å². The first kappa shape index (κ1) is 17.6. The Morgan fingerprint density at radius 1 is 1.08 bits per heavy atom. The molecule has 2 amide bonds. The molecule has 0 aromatic heterocycles. The Balaban J connectivity index is 1.74. The number of nitrogens with one attached hydrogen (secondary N) is 2. The summed E-state index contributed by atoms with van der Waals surface area (Å²) >= 11 is 0. The van der Waals surface area contributed by atoms with Gasteiger partial charge in [-0.05, 0) is 43.2 Å². The summed E-state index contributed by atoms with van der Waals surface area (Å²) in [4.78, 5) is 23.6. The zero-order chi connectivity index (χ0) is 17.5. The molecule has 6 heteroatoms. The van der Waals surface area contributed by atoms with Crippen LogP contribution in [0.1, 0.15) is 28.8 Å². The summed E-state index contributed by atoms with van der Waals surface area (Å²) in [5.74, 6) is -2.45. The average Bonchev–Trinajstić information content (AvgIpc) is 2.51. The molecule has 2 N–H and O–H groups in total. The van der Waals surface area contributed by atoms with E-state index in [-0.39, 0.29) is 24.4 Å². The van der Waals surface area contributed by atoms with Gasteiger partial charge in [0.05, 0.1) is 5.56 Å². The molecular formula is C18H18F2N2O2. The summed E-state index contributed by atoms with van der Waals surface area (Å²) in [6.07, 6.45) is 0.631. The van der Waals surface area contributed by atoms with Gasteiger partial charge < -0.3 is 10.6 Å². The van der Waals surface area contributed by atoms with E-state index in [4.69, 9.17) is 0 Å². The molecule has 0 unspecified atom stereocenters. The minimum Gasteiger partial charge on any atom is -0.352 e. The number of carbonyl (C=O) groups excluding carboxylic acids is 2. The van der Waals surface area contributed by atoms with Crippen LogP contribution < -0.4 is 10.6 Å². The normalized spacial score (nSPS) is 10.3. The highest BCUT2D eigenvalue weighted by molar-refractivity contribution is 5.94. The van der Waals surface area contributed by atoms with Crippen molar-refractivity contribution in [2.24, 2.45) is 0 Å². The fourth-order valence-electron chi connectivity index (χ4n) is 2.17. The van der Waals surface area contributed by atoms with Crippen LogP contribution in [0.2, 0.25) is 0 Å². The molecule has 2 aromatic rings. The monoisotopic (exact) mass is 332 g/mol. The lowest BCUT2D eigenvalue weighted by Crippen LogP contribution is -2.26. The molecule has 0 fully saturated rings. The van der Waals surface area contributed by atoms with Crippen molar-refractivity contribution in [2.45, 2.75) is 19.8 Å². The lowest BCUT2D eigenvalue weighted by atomic mass is 10.2. The first-order valence-corrected chi connectivity index (χ1v) is 7.55. The first-order valence-electron chi connectivity index (χ1n) is 7.55. The van der Waals surface area contributed by atoms with E-state index in [1.807, 2.05) is 25.1 Å². The Bertz CT molecular complexity index is 748. The van der Waals surface area contributed by atoms with E-state index in [1.165, 1.54) is 0 Å². The topological polar surface area (TPSA) is 58.2 Å². The molecule has 0 radical (unpaired) electrons. The Hall–Kier alpha value is -2.76. The standard InChI is InChI=1S/C18H18F2N2O2/c1-12-4-2-5-14(10-12)22-17(23)6-3-9-21-18(24)15-8-7-13(19)11-16(15)20/h2,4-5,7-8,10-11H,3,6,9H2,1H3,(H,21,24)(H,22,23). The van der Waals surface area contributed by atoms with E-state index >= 15 is 0 Å². The molecular weight excluding hydrogens is 314 g/mol. The first-order chi connectivity index (χ1) is 11.5. The van der Waals surface area contributed by atoms with Gasteiger partial charge in [0.25, 0.3) is 5.91 Å². The Kier molecular flexibility index (Phi) is 6.01. The van der Waals surface area contributed by atoms with Crippen LogP contribution in [0.4, 0.5) is 14.5 Å². The minimum atomic E-state index is -0.912. The number of hydrogen-bond acceptors (Lipinski definition) is 2. The fourth-order valence-corrected chi connectivity index (χ4v) is 2.17. The summed E-state index contributed by atoms with van der Waals surface area (Å²) in [6, 6.07) is 10.2. The molecule has 4 nitrogen and oxygen atoms in total. The van der Waals surface area contributed by atoms with E-state index in [9.17, 15) is 18.4 Å². The molecule has 126 valence electrons. The molecule has 0 saturated carbocycles. The second kappa shape index (κ2) is 8.19. The largest absolute Gasteiger partial charge is 0.352 e. The number of halogens is 2. The van der Waals surface area contributed by atoms with Gasteiger partial charge in [0.15, 0.2) is 0 Å². The van der Waals surface area contributed by atoms with Crippen LogP contribution in [0.3, 0.4) is 0 Å². The Morgan fingerprint density at radius 3 is 2.58 bits per heavy atom. The van der Waals surface area contributed by atoms with E-state index in [0.29, 0.717) is 12.5 Å². The van der Waals surface area contributed by atoms with E-state index in [1.54, 1.807) is 6.07 Å². The lowest BCUT2D eigenvalue weighted by molar-refractivity contribution is -0.116. The van der Waals surface area contributed by atoms with Crippen molar-refractivity contribution in [3.8, 4) is 0 Å². The number of benzene rings is 2. The van der Waals surface area contributed by atoms with E-state index < -0.39 is 17.5 Å². The van der Waals surface area contributed by atoms with Crippen molar-refractivity contribution < 1.29 is 18.4 Å². The zero-order valence-corrected chi connectivity index (χ0v) is 13.2. The van der Waals surface area contributed by atoms with Crippen LogP contribution in [0, 0.1) is 18.6 Å². The molecule has 2 rings (SSSR count). The van der Waals surface area contributed by atoms with E-state index in [0.717, 1.165) is 23.4 Å². The number of rotatable bonds is 6. The van der Waals surface area contributed by atoms with Gasteiger partial charge in [-0.15, -0.1) is 0 Å². The minimum absolute atomic E-state index is 0.164. The third-order valence-corrected chi connectivity index (χ3v) is 3.34. The van der Waals surface area contributed by atoms with Crippen molar-refractivity contribution >= 4 is 17.5 Å². The van der Waals surface area contributed by atoms with Crippen molar-refractivity contribution in [2.75, 3.05) is 11.9 Å². The number of aryl methyl sites for hydroxylation is 1. The van der Waals surface area contributed by atoms with Gasteiger partial charge in [0.1, 0.15) is 11.6 Å². The molecule has 0 aliphatic rings. The predicted octanol–water partition coefficient (Wildman–Crippen LogP) is 3.42. The van der Waals surface area contributed by atoms with Crippen molar-refractivity contribution in [3.63, 3.8) is 0 Å². The number of anilines is 1. The van der Waals surface area contributed by atoms with Crippen molar-refractivity contribution in [3.05, 3.63) is 65.2 Å². The molecule has 0 aliphatic heterocycles. The lowest BCUT2D eigenvalue weighted by Gasteiger charge is -2.07. The second-order valence-electron chi connectivity index (χ2n) is 5.40. The maximum atomic E-state index is 13.4. The molecule has 0 atom stereocenters. The quantitative estimate of drug-likeness (QED) is 0.796. The van der Waals surface area contributed by atoms with Crippen LogP contribution in [0.25, 0.3) is 0 Å². The summed E-state index contributed by atoms with van der Waals surface area (Å²) in [7, 11) is 0. The molecule has 0 heterocycles. The highest BCUT2D eigenvalue weighted by Gasteiger charge is 2.12. The van der Waals surface area contributed by atoms with Crippen LogP contribution in [0.15, 0.2) is 42.5 Å². The number of hydrogen-bond donors (Lipinski definition) is 2. The third kappa shape index (κ3) is 5.15. The predicted molar refractivity (Wildman–Crippen MR) is 87.7 cm³/mol. The molecule has 0 bridgehead atoms. The molecule has 24 heavy (non-hydrogen) atoms. The molecule has 2 aromatic carbocycles. The van der Waals surface area contributed by atoms with Gasteiger partial charge in [-0.2, -0.15) is 0 Å². The highest BCUT2D eigenvalue weighted by Crippen LogP contribution is 2.11. The van der Waals surface area contributed by atoms with E-state index in [2.05, 4.69) is 10.6 Å². The highest BCUT2D eigenvalue weighted by atomic mass is 19.1. The molecule has 0 aliphatic carbocycles. The Labute approximate surface area is 138 Å². The second-order valence-corrected chi connectivity index (χ2v) is 5.40. The van der Waals surface area contributed by atoms with Gasteiger partial charge in [0.2, 0.25) is 5.91 Å². The average molecular weight is 332 g/mol. The Morgan fingerprint density at radius 2 is 1.88 bits per heavy atom. The van der Waals surface area contributed by atoms with Crippen molar-refractivity contribution in [1.82, 2.24) is 5.32 Å². The van der Waals surface area contributed by atoms with Gasteiger partial charge in [-0.25, -0.2) is 8.78 Å². The number of amides is 2. The SMILES string of the molecule is Cc1cccc(NC(=O)CCCNC(=O)c2ccc(F)cc2F)c1. The summed E-state index contributed by atoms with van der Waals surface area (Å²) in [5, 5.41) is 5.27. The van der Waals surface area contributed by atoms with Crippen molar-refractivity contribution in [1.29, 1.82) is 0 Å². The third-order valence-electron chi connectivity index (χ3n) is 3.34. The number of carbonyl (C=O) groups is 2. The van der Waals surface area contributed by atoms with Crippen LogP contribution >= 0.6 is 0 Å². The maximum absolute atomic E-state index is 13.4. The van der Waals surface area contributed by atoms with Gasteiger partial charge in [-0.3, -0.25) is 9.59 Å². The summed E-state index contributed by atoms with van der Waals surface area (Å²) in [5.41, 5.74) is 1.54. The van der Waals surface area contributed by atoms with Gasteiger partial charge in [-0.1, -0.05) is 12.1 Å². The fraction of sp³-hybridized carbons (Fsp3) is 0.222. The zero-order valence-electron chi connectivity index (χ0n) is 13.2. The summed E-state index contributed by atoms with van der Waals surface area (Å²) in [6.45, 7) is 2.15. The van der Waals surface area contributed by atoms with Crippen LogP contribution in [-0.2, 0) is 4.79 Å².